The summed E-state index contributed by atoms with van der Waals surface area (Å²) in [7, 11) is 1.35. The first-order valence-corrected chi connectivity index (χ1v) is 13.5. The Kier molecular flexibility index (Phi) is 8.09. The number of nitrogens with zero attached hydrogens (tertiary/aromatic N) is 4. The number of carbonyl (C=O) groups is 3. The van der Waals surface area contributed by atoms with Crippen LogP contribution < -0.4 is 15.4 Å². The molecule has 2 aromatic carbocycles. The van der Waals surface area contributed by atoms with Crippen molar-refractivity contribution in [1.82, 2.24) is 30.5 Å². The van der Waals surface area contributed by atoms with Gasteiger partial charge in [-0.1, -0.05) is 35.5 Å². The molecule has 2 bridgehead atoms. The quantitative estimate of drug-likeness (QED) is 0.516. The van der Waals surface area contributed by atoms with Crippen molar-refractivity contribution in [1.29, 1.82) is 0 Å². The molecule has 1 saturated heterocycles. The van der Waals surface area contributed by atoms with Crippen molar-refractivity contribution in [3.63, 3.8) is 0 Å². The third-order valence-corrected chi connectivity index (χ3v) is 7.76. The van der Waals surface area contributed by atoms with Gasteiger partial charge < -0.3 is 20.3 Å². The van der Waals surface area contributed by atoms with Crippen molar-refractivity contribution in [2.45, 2.75) is 44.7 Å². The molecule has 3 amide bonds. The number of hydrogen-bond acceptors (Lipinski definition) is 6. The molecule has 0 radical (unpaired) electrons. The minimum Gasteiger partial charge on any atom is -0.494 e. The van der Waals surface area contributed by atoms with Crippen LogP contribution in [0.4, 0.5) is 4.39 Å². The van der Waals surface area contributed by atoms with Crippen LogP contribution in [-0.4, -0.2) is 70.4 Å². The summed E-state index contributed by atoms with van der Waals surface area (Å²) in [6.07, 6.45) is 3.96. The maximum absolute atomic E-state index is 14.0. The zero-order chi connectivity index (χ0) is 28.1. The Morgan fingerprint density at radius 2 is 1.90 bits per heavy atom. The van der Waals surface area contributed by atoms with Gasteiger partial charge in [0.05, 0.1) is 18.2 Å². The Labute approximate surface area is 231 Å². The number of halogens is 1. The summed E-state index contributed by atoms with van der Waals surface area (Å²) in [4.78, 5) is 42.1. The Hall–Kier alpha value is -4.28. The predicted molar refractivity (Wildman–Crippen MR) is 144 cm³/mol. The third kappa shape index (κ3) is 5.98. The zero-order valence-electron chi connectivity index (χ0n) is 22.4. The van der Waals surface area contributed by atoms with Gasteiger partial charge in [0.1, 0.15) is 6.04 Å². The van der Waals surface area contributed by atoms with Crippen LogP contribution in [0, 0.1) is 11.2 Å². The highest BCUT2D eigenvalue weighted by atomic mass is 19.1. The summed E-state index contributed by atoms with van der Waals surface area (Å²) in [5.41, 5.74) is 1.06. The topological polar surface area (TPSA) is 118 Å². The highest BCUT2D eigenvalue weighted by molar-refractivity contribution is 5.95. The molecule has 2 aliphatic heterocycles. The number of rotatable bonds is 4. The second kappa shape index (κ2) is 11.8. The van der Waals surface area contributed by atoms with Crippen LogP contribution >= 0.6 is 0 Å². The van der Waals surface area contributed by atoms with Crippen LogP contribution in [0.3, 0.4) is 0 Å². The van der Waals surface area contributed by atoms with Gasteiger partial charge in [0.15, 0.2) is 11.6 Å². The van der Waals surface area contributed by atoms with E-state index in [9.17, 15) is 18.8 Å². The summed E-state index contributed by atoms with van der Waals surface area (Å²) >= 11 is 0. The van der Waals surface area contributed by atoms with Crippen LogP contribution in [-0.2, 0) is 29.0 Å². The van der Waals surface area contributed by atoms with Gasteiger partial charge in [-0.2, -0.15) is 0 Å². The van der Waals surface area contributed by atoms with Crippen LogP contribution in [0.15, 0.2) is 54.7 Å². The lowest BCUT2D eigenvalue weighted by Crippen LogP contribution is -2.56. The Bertz CT molecular complexity index is 1370. The molecule has 0 aliphatic carbocycles. The monoisotopic (exact) mass is 548 g/mol. The molecule has 1 atom stereocenters. The lowest BCUT2D eigenvalue weighted by Gasteiger charge is -2.41. The van der Waals surface area contributed by atoms with Gasteiger partial charge in [-0.05, 0) is 43.0 Å². The van der Waals surface area contributed by atoms with Gasteiger partial charge in [0.2, 0.25) is 11.8 Å². The minimum absolute atomic E-state index is 0.000219. The van der Waals surface area contributed by atoms with E-state index in [2.05, 4.69) is 20.9 Å². The molecule has 210 valence electrons. The highest BCUT2D eigenvalue weighted by Gasteiger charge is 2.44. The second-order valence-electron chi connectivity index (χ2n) is 10.4. The van der Waals surface area contributed by atoms with E-state index < -0.39 is 17.3 Å². The maximum atomic E-state index is 14.0. The maximum Gasteiger partial charge on any atom is 0.253 e. The molecule has 11 heteroatoms. The normalized spacial score (nSPS) is 19.6. The smallest absolute Gasteiger partial charge is 0.253 e. The average Bonchev–Trinajstić information content (AvgIpc) is 3.42. The Balaban J connectivity index is 1.38. The molecule has 40 heavy (non-hydrogen) atoms. The second-order valence-corrected chi connectivity index (χ2v) is 10.4. The molecule has 1 fully saturated rings. The Morgan fingerprint density at radius 3 is 2.65 bits per heavy atom. The number of ether oxygens (including phenoxy) is 1. The summed E-state index contributed by atoms with van der Waals surface area (Å²) in [6.45, 7) is 1.67. The number of piperidine rings is 1. The number of carbonyl (C=O) groups excluding carboxylic acids is 3. The predicted octanol–water partition coefficient (Wildman–Crippen LogP) is 2.14. The van der Waals surface area contributed by atoms with Crippen LogP contribution in [0.1, 0.15) is 40.9 Å². The number of likely N-dealkylation sites (tertiary alicyclic amines) is 1. The first kappa shape index (κ1) is 27.3. The van der Waals surface area contributed by atoms with E-state index in [0.717, 1.165) is 5.56 Å². The lowest BCUT2D eigenvalue weighted by molar-refractivity contribution is -0.137. The number of methoxy groups -OCH3 is 1. The van der Waals surface area contributed by atoms with E-state index in [1.807, 2.05) is 36.5 Å². The SMILES string of the molecule is COc1cc(C(=O)N2CCC3(CC2)Cc2cn(nn2)CCCNC(=O)[C@H](Cc2ccccc2)NC3=O)ccc1F. The van der Waals surface area contributed by atoms with Crippen molar-refractivity contribution in [3.8, 4) is 5.75 Å². The molecule has 0 unspecified atom stereocenters. The van der Waals surface area contributed by atoms with Crippen LogP contribution in [0.25, 0.3) is 0 Å². The lowest BCUT2D eigenvalue weighted by atomic mass is 9.73. The van der Waals surface area contributed by atoms with E-state index in [1.165, 1.54) is 25.3 Å². The van der Waals surface area contributed by atoms with Gasteiger partial charge >= 0.3 is 0 Å². The van der Waals surface area contributed by atoms with Gasteiger partial charge in [0.25, 0.3) is 5.91 Å². The molecule has 5 rings (SSSR count). The van der Waals surface area contributed by atoms with Gasteiger partial charge in [-0.15, -0.1) is 5.10 Å². The van der Waals surface area contributed by atoms with Gasteiger partial charge in [-0.25, -0.2) is 4.39 Å². The van der Waals surface area contributed by atoms with Crippen LogP contribution in [0.5, 0.6) is 5.75 Å². The van der Waals surface area contributed by atoms with Crippen molar-refractivity contribution >= 4 is 17.7 Å². The zero-order valence-corrected chi connectivity index (χ0v) is 22.4. The first-order valence-electron chi connectivity index (χ1n) is 13.5. The van der Waals surface area contributed by atoms with Crippen molar-refractivity contribution in [2.75, 3.05) is 26.7 Å². The van der Waals surface area contributed by atoms with Crippen molar-refractivity contribution < 1.29 is 23.5 Å². The number of fused-ring (bicyclic) bond motifs is 2. The fourth-order valence-corrected chi connectivity index (χ4v) is 5.42. The summed E-state index contributed by atoms with van der Waals surface area (Å²) in [5.74, 6) is -1.28. The fourth-order valence-electron chi connectivity index (χ4n) is 5.42. The van der Waals surface area contributed by atoms with E-state index >= 15 is 0 Å². The molecule has 1 aromatic heterocycles. The molecule has 2 N–H and O–H groups in total. The molecular weight excluding hydrogens is 515 g/mol. The molecule has 0 saturated carbocycles. The largest absolute Gasteiger partial charge is 0.494 e. The van der Waals surface area contributed by atoms with Crippen molar-refractivity contribution in [3.05, 3.63) is 77.4 Å². The van der Waals surface area contributed by atoms with E-state index in [0.29, 0.717) is 69.5 Å². The van der Waals surface area contributed by atoms with Crippen LogP contribution in [0.2, 0.25) is 0 Å². The molecule has 2 aliphatic rings. The summed E-state index contributed by atoms with van der Waals surface area (Å²) in [5, 5.41) is 14.5. The molecular formula is C29H33FN6O4. The number of hydrogen-bond donors (Lipinski definition) is 2. The number of amides is 3. The van der Waals surface area contributed by atoms with E-state index in [1.54, 1.807) is 9.58 Å². The van der Waals surface area contributed by atoms with Gasteiger partial charge in [0, 0.05) is 50.8 Å². The summed E-state index contributed by atoms with van der Waals surface area (Å²) in [6, 6.07) is 12.9. The van der Waals surface area contributed by atoms with Crippen molar-refractivity contribution in [2.24, 2.45) is 5.41 Å². The standard InChI is InChI=1S/C29H33FN6O4/c1-40-25-17-21(8-9-23(25)30)27(38)35-14-10-29(11-15-35)18-22-19-36(34-33-22)13-5-12-31-26(37)24(32-28(29)39)16-20-6-3-2-4-7-20/h2-4,6-9,17,19,24H,5,10-16,18H2,1H3,(H,31,37)(H,32,39)/t24-/m0/s1. The third-order valence-electron chi connectivity index (χ3n) is 7.76. The summed E-state index contributed by atoms with van der Waals surface area (Å²) < 4.78 is 20.7. The average molecular weight is 549 g/mol. The molecule has 10 nitrogen and oxygen atoms in total. The molecule has 3 heterocycles. The number of benzene rings is 2. The fraction of sp³-hybridized carbons (Fsp3) is 0.414. The van der Waals surface area contributed by atoms with Gasteiger partial charge in [-0.3, -0.25) is 19.1 Å². The first-order chi connectivity index (χ1) is 19.4. The number of aromatic nitrogens is 3. The Morgan fingerprint density at radius 1 is 1.12 bits per heavy atom. The number of nitrogens with one attached hydrogen (secondary N) is 2. The van der Waals surface area contributed by atoms with E-state index in [-0.39, 0.29) is 23.5 Å². The van der Waals surface area contributed by atoms with E-state index in [4.69, 9.17) is 4.74 Å². The number of aryl methyl sites for hydroxylation is 1. The molecule has 1 spiro atoms. The molecule has 3 aromatic rings. The highest BCUT2D eigenvalue weighted by Crippen LogP contribution is 2.36. The minimum atomic E-state index is -0.887.